The summed E-state index contributed by atoms with van der Waals surface area (Å²) in [7, 11) is 0. The normalized spacial score (nSPS) is 14.9. The van der Waals surface area contributed by atoms with Crippen molar-refractivity contribution in [2.45, 2.75) is 31.8 Å². The second-order valence-electron chi connectivity index (χ2n) is 3.26. The van der Waals surface area contributed by atoms with Gasteiger partial charge in [0.15, 0.2) is 0 Å². The molecular weight excluding hydrogens is 198 g/mol. The Kier molecular flexibility index (Phi) is 8.08. The molecule has 0 aromatic heterocycles. The Labute approximate surface area is 89.7 Å². The van der Waals surface area contributed by atoms with Crippen LogP contribution in [0.2, 0.25) is 0 Å². The molecule has 2 atom stereocenters. The molecule has 0 aliphatic heterocycles. The van der Waals surface area contributed by atoms with Crippen LogP contribution in [0.15, 0.2) is 0 Å². The SMILES string of the molecule is CCN(C(C=O)CCO)C(C=O)CCO. The lowest BCUT2D eigenvalue weighted by atomic mass is 10.1. The number of nitrogens with zero attached hydrogens (tertiary/aromatic N) is 1. The monoisotopic (exact) mass is 217 g/mol. The molecule has 0 rings (SSSR count). The Hall–Kier alpha value is -0.780. The zero-order chi connectivity index (χ0) is 11.7. The predicted molar refractivity (Wildman–Crippen MR) is 55.5 cm³/mol. The number of hydrogen-bond donors (Lipinski definition) is 2. The van der Waals surface area contributed by atoms with E-state index in [0.717, 1.165) is 12.6 Å². The minimum atomic E-state index is -0.457. The van der Waals surface area contributed by atoms with E-state index in [9.17, 15) is 9.59 Å². The maximum absolute atomic E-state index is 10.8. The Morgan fingerprint density at radius 3 is 1.67 bits per heavy atom. The highest BCUT2D eigenvalue weighted by Gasteiger charge is 2.23. The van der Waals surface area contributed by atoms with Crippen molar-refractivity contribution in [1.29, 1.82) is 0 Å². The molecule has 0 aromatic rings. The molecule has 0 fully saturated rings. The fraction of sp³-hybridized carbons (Fsp3) is 0.800. The highest BCUT2D eigenvalue weighted by atomic mass is 16.3. The first-order chi connectivity index (χ1) is 7.24. The van der Waals surface area contributed by atoms with E-state index in [1.807, 2.05) is 6.92 Å². The van der Waals surface area contributed by atoms with Crippen molar-refractivity contribution in [3.63, 3.8) is 0 Å². The maximum atomic E-state index is 10.8. The van der Waals surface area contributed by atoms with Crippen molar-refractivity contribution < 1.29 is 19.8 Å². The highest BCUT2D eigenvalue weighted by molar-refractivity contribution is 5.62. The summed E-state index contributed by atoms with van der Waals surface area (Å²) in [5.41, 5.74) is 0. The molecule has 0 heterocycles. The summed E-state index contributed by atoms with van der Waals surface area (Å²) in [5.74, 6) is 0. The van der Waals surface area contributed by atoms with Gasteiger partial charge in [0.25, 0.3) is 0 Å². The van der Waals surface area contributed by atoms with E-state index in [4.69, 9.17) is 10.2 Å². The number of carbonyl (C=O) groups excluding carboxylic acids is 2. The standard InChI is InChI=1S/C10H19NO4/c1-2-11(9(7-14)3-5-12)10(8-15)4-6-13/h7-10,12-13H,2-6H2,1H3. The van der Waals surface area contributed by atoms with Gasteiger partial charge < -0.3 is 19.8 Å². The summed E-state index contributed by atoms with van der Waals surface area (Å²) in [6.07, 6.45) is 2.08. The fourth-order valence-corrected chi connectivity index (χ4v) is 1.60. The summed E-state index contributed by atoms with van der Waals surface area (Å²) in [6, 6.07) is -0.913. The van der Waals surface area contributed by atoms with E-state index in [1.165, 1.54) is 0 Å². The minimum absolute atomic E-state index is 0.0926. The molecule has 0 spiro atoms. The summed E-state index contributed by atoms with van der Waals surface area (Å²) >= 11 is 0. The van der Waals surface area contributed by atoms with Gasteiger partial charge in [0, 0.05) is 13.2 Å². The first-order valence-electron chi connectivity index (χ1n) is 5.13. The van der Waals surface area contributed by atoms with Gasteiger partial charge in [-0.05, 0) is 19.4 Å². The van der Waals surface area contributed by atoms with Gasteiger partial charge in [0.2, 0.25) is 0 Å². The Morgan fingerprint density at radius 2 is 1.47 bits per heavy atom. The lowest BCUT2D eigenvalue weighted by Gasteiger charge is -2.30. The van der Waals surface area contributed by atoms with Crippen molar-refractivity contribution in [1.82, 2.24) is 4.90 Å². The number of hydrogen-bond acceptors (Lipinski definition) is 5. The molecule has 0 saturated heterocycles. The molecule has 0 aliphatic carbocycles. The van der Waals surface area contributed by atoms with E-state index in [-0.39, 0.29) is 13.2 Å². The number of rotatable bonds is 9. The van der Waals surface area contributed by atoms with E-state index >= 15 is 0 Å². The summed E-state index contributed by atoms with van der Waals surface area (Å²) in [6.45, 7) is 2.18. The molecule has 0 aromatic carbocycles. The number of likely N-dealkylation sites (N-methyl/N-ethyl adjacent to an activating group) is 1. The maximum Gasteiger partial charge on any atom is 0.137 e. The minimum Gasteiger partial charge on any atom is -0.396 e. The Bertz CT molecular complexity index is 168. The second-order valence-corrected chi connectivity index (χ2v) is 3.26. The topological polar surface area (TPSA) is 77.8 Å². The number of aliphatic hydroxyl groups is 2. The van der Waals surface area contributed by atoms with Crippen molar-refractivity contribution in [3.8, 4) is 0 Å². The lowest BCUT2D eigenvalue weighted by molar-refractivity contribution is -0.118. The molecule has 88 valence electrons. The van der Waals surface area contributed by atoms with Gasteiger partial charge in [-0.25, -0.2) is 0 Å². The zero-order valence-electron chi connectivity index (χ0n) is 9.00. The summed E-state index contributed by atoms with van der Waals surface area (Å²) < 4.78 is 0. The lowest BCUT2D eigenvalue weighted by Crippen LogP contribution is -2.45. The van der Waals surface area contributed by atoms with Crippen LogP contribution in [-0.4, -0.2) is 59.5 Å². The van der Waals surface area contributed by atoms with Gasteiger partial charge in [0.05, 0.1) is 12.1 Å². The van der Waals surface area contributed by atoms with Gasteiger partial charge in [-0.15, -0.1) is 0 Å². The third-order valence-electron chi connectivity index (χ3n) is 2.38. The van der Waals surface area contributed by atoms with Crippen molar-refractivity contribution in [2.75, 3.05) is 19.8 Å². The molecule has 0 aliphatic rings. The summed E-state index contributed by atoms with van der Waals surface area (Å²) in [4.78, 5) is 23.3. The van der Waals surface area contributed by atoms with Crippen LogP contribution >= 0.6 is 0 Å². The molecule has 0 saturated carbocycles. The Balaban J connectivity index is 4.51. The number of aldehydes is 2. The van der Waals surface area contributed by atoms with Crippen molar-refractivity contribution in [2.24, 2.45) is 0 Å². The van der Waals surface area contributed by atoms with E-state index < -0.39 is 12.1 Å². The van der Waals surface area contributed by atoms with Gasteiger partial charge in [-0.3, -0.25) is 4.90 Å². The summed E-state index contributed by atoms with van der Waals surface area (Å²) in [5, 5.41) is 17.5. The molecule has 0 bridgehead atoms. The average molecular weight is 217 g/mol. The third kappa shape index (κ3) is 4.51. The second kappa shape index (κ2) is 8.52. The van der Waals surface area contributed by atoms with Crippen LogP contribution in [0.3, 0.4) is 0 Å². The predicted octanol–water partition coefficient (Wildman–Crippen LogP) is -0.792. The fourth-order valence-electron chi connectivity index (χ4n) is 1.60. The molecule has 0 amide bonds. The van der Waals surface area contributed by atoms with Crippen LogP contribution in [0.1, 0.15) is 19.8 Å². The highest BCUT2D eigenvalue weighted by Crippen LogP contribution is 2.08. The number of carbonyl (C=O) groups is 2. The van der Waals surface area contributed by atoms with Crippen LogP contribution in [0.5, 0.6) is 0 Å². The van der Waals surface area contributed by atoms with Crippen molar-refractivity contribution in [3.05, 3.63) is 0 Å². The van der Waals surface area contributed by atoms with E-state index in [0.29, 0.717) is 19.4 Å². The Morgan fingerprint density at radius 1 is 1.07 bits per heavy atom. The molecule has 15 heavy (non-hydrogen) atoms. The molecule has 0 radical (unpaired) electrons. The molecule has 5 nitrogen and oxygen atoms in total. The smallest absolute Gasteiger partial charge is 0.137 e. The van der Waals surface area contributed by atoms with Gasteiger partial charge in [-0.2, -0.15) is 0 Å². The molecular formula is C10H19NO4. The third-order valence-corrected chi connectivity index (χ3v) is 2.38. The molecule has 2 unspecified atom stereocenters. The van der Waals surface area contributed by atoms with Crippen LogP contribution < -0.4 is 0 Å². The van der Waals surface area contributed by atoms with Gasteiger partial charge in [-0.1, -0.05) is 6.92 Å². The van der Waals surface area contributed by atoms with E-state index in [2.05, 4.69) is 0 Å². The van der Waals surface area contributed by atoms with Crippen LogP contribution in [0, 0.1) is 0 Å². The first-order valence-corrected chi connectivity index (χ1v) is 5.13. The van der Waals surface area contributed by atoms with Crippen LogP contribution in [-0.2, 0) is 9.59 Å². The van der Waals surface area contributed by atoms with Crippen LogP contribution in [0.4, 0.5) is 0 Å². The molecule has 2 N–H and O–H groups in total. The van der Waals surface area contributed by atoms with Gasteiger partial charge >= 0.3 is 0 Å². The van der Waals surface area contributed by atoms with E-state index in [1.54, 1.807) is 4.90 Å². The number of aliphatic hydroxyl groups excluding tert-OH is 2. The van der Waals surface area contributed by atoms with Crippen molar-refractivity contribution >= 4 is 12.6 Å². The average Bonchev–Trinajstić information content (AvgIpc) is 2.27. The van der Waals surface area contributed by atoms with Gasteiger partial charge in [0.1, 0.15) is 12.6 Å². The van der Waals surface area contributed by atoms with Crippen LogP contribution in [0.25, 0.3) is 0 Å². The first kappa shape index (κ1) is 14.2. The molecule has 5 heteroatoms. The largest absolute Gasteiger partial charge is 0.396 e. The zero-order valence-corrected chi connectivity index (χ0v) is 9.00. The quantitative estimate of drug-likeness (QED) is 0.495.